The van der Waals surface area contributed by atoms with Gasteiger partial charge in [0, 0.05) is 5.54 Å². The molecule has 0 spiro atoms. The second-order valence-corrected chi connectivity index (χ2v) is 8.70. The Morgan fingerprint density at radius 3 is 2.62 bits per heavy atom. The minimum absolute atomic E-state index is 0.160. The van der Waals surface area contributed by atoms with Crippen molar-refractivity contribution in [3.05, 3.63) is 42.0 Å². The predicted octanol–water partition coefficient (Wildman–Crippen LogP) is 2.95. The van der Waals surface area contributed by atoms with E-state index < -0.39 is 11.6 Å². The van der Waals surface area contributed by atoms with Crippen molar-refractivity contribution in [3.63, 3.8) is 0 Å². The van der Waals surface area contributed by atoms with Crippen LogP contribution in [0.5, 0.6) is 0 Å². The summed E-state index contributed by atoms with van der Waals surface area (Å²) < 4.78 is 11.0. The predicted molar refractivity (Wildman–Crippen MR) is 116 cm³/mol. The Labute approximate surface area is 186 Å². The van der Waals surface area contributed by atoms with Crippen LogP contribution in [0.3, 0.4) is 0 Å². The van der Waals surface area contributed by atoms with Gasteiger partial charge in [0.25, 0.3) is 0 Å². The summed E-state index contributed by atoms with van der Waals surface area (Å²) in [7, 11) is 0. The molecule has 0 aliphatic carbocycles. The molecule has 3 aromatic rings. The van der Waals surface area contributed by atoms with E-state index in [-0.39, 0.29) is 24.9 Å². The third-order valence-corrected chi connectivity index (χ3v) is 4.66. The Hall–Kier alpha value is -3.43. The number of nitrogens with zero attached hydrogens (tertiary/aromatic N) is 5. The van der Waals surface area contributed by atoms with Gasteiger partial charge in [0.2, 0.25) is 17.6 Å². The molecule has 0 saturated heterocycles. The van der Waals surface area contributed by atoms with Gasteiger partial charge < -0.3 is 19.1 Å². The largest absolute Gasteiger partial charge is 0.467 e. The minimum Gasteiger partial charge on any atom is -0.467 e. The highest BCUT2D eigenvalue weighted by molar-refractivity contribution is 5.88. The summed E-state index contributed by atoms with van der Waals surface area (Å²) in [5.74, 6) is 1.55. The summed E-state index contributed by atoms with van der Waals surface area (Å²) in [6, 6.07) is 6.41. The molecule has 0 aliphatic rings. The molecule has 10 heteroatoms. The summed E-state index contributed by atoms with van der Waals surface area (Å²) in [6.45, 7) is 9.50. The number of hydrogen-bond acceptors (Lipinski definition) is 7. The standard InChI is InChI=1S/C22H30N6O4/c1-6-8-17(21(30)23-22(3,4)5)27(13-16-9-7-12-31-16)19(29)14-28-25-20(24-26-28)18-11-10-15(2)32-18/h7,9-12,17H,6,8,13-14H2,1-5H3,(H,23,30). The molecule has 1 atom stereocenters. The molecule has 32 heavy (non-hydrogen) atoms. The van der Waals surface area contributed by atoms with Gasteiger partial charge >= 0.3 is 0 Å². The molecule has 3 rings (SSSR count). The van der Waals surface area contributed by atoms with Gasteiger partial charge in [-0.2, -0.15) is 4.80 Å². The smallest absolute Gasteiger partial charge is 0.247 e. The number of nitrogens with one attached hydrogen (secondary N) is 1. The van der Waals surface area contributed by atoms with Gasteiger partial charge in [-0.05, 0) is 63.6 Å². The highest BCUT2D eigenvalue weighted by atomic mass is 16.3. The van der Waals surface area contributed by atoms with Gasteiger partial charge in [-0.3, -0.25) is 9.59 Å². The molecule has 0 bridgehead atoms. The SMILES string of the molecule is CCCC(C(=O)NC(C)(C)C)N(Cc1ccco1)C(=O)Cn1nnc(-c2ccc(C)o2)n1. The van der Waals surface area contributed by atoms with Crippen molar-refractivity contribution in [1.82, 2.24) is 30.4 Å². The van der Waals surface area contributed by atoms with Crippen molar-refractivity contribution in [2.75, 3.05) is 0 Å². The molecular weight excluding hydrogens is 412 g/mol. The minimum atomic E-state index is -0.660. The molecule has 0 radical (unpaired) electrons. The van der Waals surface area contributed by atoms with Crippen molar-refractivity contribution < 1.29 is 18.4 Å². The number of tetrazole rings is 1. The fourth-order valence-corrected chi connectivity index (χ4v) is 3.27. The molecule has 1 N–H and O–H groups in total. The zero-order valence-corrected chi connectivity index (χ0v) is 19.2. The summed E-state index contributed by atoms with van der Waals surface area (Å²) >= 11 is 0. The van der Waals surface area contributed by atoms with Crippen LogP contribution in [0, 0.1) is 6.92 Å². The molecule has 0 aliphatic heterocycles. The van der Waals surface area contributed by atoms with E-state index in [4.69, 9.17) is 8.83 Å². The number of hydrogen-bond donors (Lipinski definition) is 1. The quantitative estimate of drug-likeness (QED) is 0.541. The summed E-state index contributed by atoms with van der Waals surface area (Å²) in [6.07, 6.45) is 2.78. The maximum absolute atomic E-state index is 13.3. The van der Waals surface area contributed by atoms with E-state index in [1.165, 1.54) is 9.70 Å². The number of aryl methyl sites for hydroxylation is 1. The van der Waals surface area contributed by atoms with Crippen LogP contribution in [0.15, 0.2) is 39.4 Å². The summed E-state index contributed by atoms with van der Waals surface area (Å²) in [4.78, 5) is 29.1. The lowest BCUT2D eigenvalue weighted by molar-refractivity contribution is -0.143. The molecular formula is C22H30N6O4. The van der Waals surface area contributed by atoms with Gasteiger partial charge in [0.15, 0.2) is 5.76 Å². The zero-order chi connectivity index (χ0) is 23.3. The maximum Gasteiger partial charge on any atom is 0.247 e. The van der Waals surface area contributed by atoms with Crippen LogP contribution in [0.1, 0.15) is 52.1 Å². The number of rotatable bonds is 9. The first-order valence-corrected chi connectivity index (χ1v) is 10.6. The van der Waals surface area contributed by atoms with Crippen molar-refractivity contribution in [1.29, 1.82) is 0 Å². The highest BCUT2D eigenvalue weighted by Gasteiger charge is 2.32. The topological polar surface area (TPSA) is 119 Å². The molecule has 2 amide bonds. The average molecular weight is 443 g/mol. The number of amides is 2. The van der Waals surface area contributed by atoms with Crippen molar-refractivity contribution in [2.24, 2.45) is 0 Å². The lowest BCUT2D eigenvalue weighted by Gasteiger charge is -2.32. The maximum atomic E-state index is 13.3. The van der Waals surface area contributed by atoms with E-state index in [9.17, 15) is 9.59 Å². The van der Waals surface area contributed by atoms with E-state index in [0.717, 1.165) is 12.2 Å². The molecule has 0 aromatic carbocycles. The van der Waals surface area contributed by atoms with Crippen molar-refractivity contribution in [3.8, 4) is 11.6 Å². The molecule has 1 unspecified atom stereocenters. The van der Waals surface area contributed by atoms with E-state index in [1.807, 2.05) is 34.6 Å². The average Bonchev–Trinajstić information content (AvgIpc) is 3.45. The molecule has 3 heterocycles. The third kappa shape index (κ3) is 6.05. The Balaban J connectivity index is 1.82. The number of aromatic nitrogens is 4. The molecule has 0 fully saturated rings. The van der Waals surface area contributed by atoms with Crippen LogP contribution in [0.2, 0.25) is 0 Å². The number of furan rings is 2. The van der Waals surface area contributed by atoms with Gasteiger partial charge in [0.05, 0.1) is 12.8 Å². The normalized spacial score (nSPS) is 12.5. The first-order valence-electron chi connectivity index (χ1n) is 10.6. The van der Waals surface area contributed by atoms with Gasteiger partial charge in [-0.1, -0.05) is 13.3 Å². The van der Waals surface area contributed by atoms with Crippen LogP contribution in [0.4, 0.5) is 0 Å². The first kappa shape index (κ1) is 23.2. The number of carbonyl (C=O) groups is 2. The van der Waals surface area contributed by atoms with E-state index >= 15 is 0 Å². The lowest BCUT2D eigenvalue weighted by Crippen LogP contribution is -2.54. The fraction of sp³-hybridized carbons (Fsp3) is 0.500. The van der Waals surface area contributed by atoms with Crippen LogP contribution in [-0.4, -0.2) is 48.5 Å². The van der Waals surface area contributed by atoms with Crippen LogP contribution < -0.4 is 5.32 Å². The monoisotopic (exact) mass is 442 g/mol. The van der Waals surface area contributed by atoms with Crippen molar-refractivity contribution >= 4 is 11.8 Å². The van der Waals surface area contributed by atoms with E-state index in [0.29, 0.717) is 23.8 Å². The molecule has 172 valence electrons. The summed E-state index contributed by atoms with van der Waals surface area (Å²) in [5.41, 5.74) is -0.425. The second-order valence-electron chi connectivity index (χ2n) is 8.70. The lowest BCUT2D eigenvalue weighted by atomic mass is 10.0. The van der Waals surface area contributed by atoms with E-state index in [2.05, 4.69) is 20.7 Å². The zero-order valence-electron chi connectivity index (χ0n) is 19.2. The van der Waals surface area contributed by atoms with Crippen LogP contribution >= 0.6 is 0 Å². The fourth-order valence-electron chi connectivity index (χ4n) is 3.27. The van der Waals surface area contributed by atoms with Gasteiger partial charge in [-0.25, -0.2) is 0 Å². The Kier molecular flexibility index (Phi) is 7.12. The van der Waals surface area contributed by atoms with Crippen LogP contribution in [-0.2, 0) is 22.7 Å². The number of carbonyl (C=O) groups excluding carboxylic acids is 2. The first-order chi connectivity index (χ1) is 15.2. The molecule has 3 aromatic heterocycles. The highest BCUT2D eigenvalue weighted by Crippen LogP contribution is 2.18. The Bertz CT molecular complexity index is 1030. The van der Waals surface area contributed by atoms with Gasteiger partial charge in [0.1, 0.15) is 24.1 Å². The summed E-state index contributed by atoms with van der Waals surface area (Å²) in [5, 5.41) is 15.2. The third-order valence-electron chi connectivity index (χ3n) is 4.66. The van der Waals surface area contributed by atoms with E-state index in [1.54, 1.807) is 30.5 Å². The second kappa shape index (κ2) is 9.80. The van der Waals surface area contributed by atoms with Crippen LogP contribution in [0.25, 0.3) is 11.6 Å². The Morgan fingerprint density at radius 1 is 1.25 bits per heavy atom. The Morgan fingerprint density at radius 2 is 2.03 bits per heavy atom. The van der Waals surface area contributed by atoms with Gasteiger partial charge in [-0.15, -0.1) is 10.2 Å². The molecule has 0 saturated carbocycles. The molecule has 10 nitrogen and oxygen atoms in total. The van der Waals surface area contributed by atoms with Crippen molar-refractivity contribution in [2.45, 2.75) is 72.1 Å².